The summed E-state index contributed by atoms with van der Waals surface area (Å²) in [6.45, 7) is 1.70. The molecule has 2 rings (SSSR count). The second kappa shape index (κ2) is 7.44. The summed E-state index contributed by atoms with van der Waals surface area (Å²) in [6, 6.07) is 0.214. The van der Waals surface area contributed by atoms with Crippen LogP contribution < -0.4 is 10.6 Å². The van der Waals surface area contributed by atoms with Crippen molar-refractivity contribution in [2.45, 2.75) is 24.8 Å². The summed E-state index contributed by atoms with van der Waals surface area (Å²) >= 11 is 0. The first-order valence-electron chi connectivity index (χ1n) is 6.16. The van der Waals surface area contributed by atoms with E-state index in [0.717, 1.165) is 31.9 Å². The van der Waals surface area contributed by atoms with Gasteiger partial charge in [-0.15, -0.1) is 0 Å². The summed E-state index contributed by atoms with van der Waals surface area (Å²) < 4.78 is 68.3. The van der Waals surface area contributed by atoms with E-state index in [9.17, 15) is 26.3 Å². The molecule has 1 saturated heterocycles. The minimum atomic E-state index is -5.08. The Morgan fingerprint density at radius 2 is 1.83 bits per heavy atom. The molecule has 0 aromatic carbocycles. The fourth-order valence-corrected chi connectivity index (χ4v) is 1.54. The molecule has 12 heteroatoms. The van der Waals surface area contributed by atoms with E-state index >= 15 is 0 Å². The van der Waals surface area contributed by atoms with Gasteiger partial charge in [-0.1, -0.05) is 0 Å². The third-order valence-electron chi connectivity index (χ3n) is 2.60. The topological polar surface area (TPSA) is 87.1 Å². The first kappa shape index (κ1) is 18.9. The van der Waals surface area contributed by atoms with Gasteiger partial charge < -0.3 is 15.7 Å². The molecule has 1 aromatic rings. The molecule has 1 unspecified atom stereocenters. The number of carboxylic acid groups (broad SMARTS) is 1. The SMILES string of the molecule is FC(F)(F)c1cnc(NC2CCNC2)cn1.O=C(O)C(F)(F)F. The lowest BCUT2D eigenvalue weighted by Crippen LogP contribution is -2.23. The lowest BCUT2D eigenvalue weighted by molar-refractivity contribution is -0.192. The van der Waals surface area contributed by atoms with E-state index in [0.29, 0.717) is 5.82 Å². The van der Waals surface area contributed by atoms with Crippen molar-refractivity contribution in [1.29, 1.82) is 0 Å². The van der Waals surface area contributed by atoms with Gasteiger partial charge >= 0.3 is 18.3 Å². The third kappa shape index (κ3) is 6.67. The van der Waals surface area contributed by atoms with Crippen LogP contribution in [0.1, 0.15) is 12.1 Å². The van der Waals surface area contributed by atoms with Gasteiger partial charge in [0.25, 0.3) is 0 Å². The van der Waals surface area contributed by atoms with Gasteiger partial charge in [0.1, 0.15) is 5.82 Å². The van der Waals surface area contributed by atoms with E-state index in [1.807, 2.05) is 0 Å². The molecule has 1 aromatic heterocycles. The number of anilines is 1. The lowest BCUT2D eigenvalue weighted by Gasteiger charge is -2.12. The first-order valence-corrected chi connectivity index (χ1v) is 6.16. The minimum Gasteiger partial charge on any atom is -0.475 e. The molecule has 0 amide bonds. The number of nitrogens with one attached hydrogen (secondary N) is 2. The Kier molecular flexibility index (Phi) is 6.12. The normalized spacial score (nSPS) is 18.1. The number of alkyl halides is 6. The molecule has 0 saturated carbocycles. The van der Waals surface area contributed by atoms with E-state index in [2.05, 4.69) is 20.6 Å². The fourth-order valence-electron chi connectivity index (χ4n) is 1.54. The van der Waals surface area contributed by atoms with Gasteiger partial charge in [-0.2, -0.15) is 26.3 Å². The predicted molar refractivity (Wildman–Crippen MR) is 65.6 cm³/mol. The van der Waals surface area contributed by atoms with Crippen LogP contribution in [0.25, 0.3) is 0 Å². The number of hydrogen-bond donors (Lipinski definition) is 3. The van der Waals surface area contributed by atoms with Crippen molar-refractivity contribution in [3.8, 4) is 0 Å². The molecule has 0 radical (unpaired) electrons. The van der Waals surface area contributed by atoms with Crippen LogP contribution >= 0.6 is 0 Å². The number of aliphatic carboxylic acids is 1. The summed E-state index contributed by atoms with van der Waals surface area (Å²) in [5, 5.41) is 13.3. The van der Waals surface area contributed by atoms with Crippen molar-refractivity contribution in [3.63, 3.8) is 0 Å². The average molecular weight is 346 g/mol. The van der Waals surface area contributed by atoms with Crippen LogP contribution in [-0.2, 0) is 11.0 Å². The van der Waals surface area contributed by atoms with E-state index in [1.165, 1.54) is 0 Å². The monoisotopic (exact) mass is 346 g/mol. The smallest absolute Gasteiger partial charge is 0.475 e. The van der Waals surface area contributed by atoms with Crippen molar-refractivity contribution < 1.29 is 36.2 Å². The number of rotatable bonds is 2. The molecule has 23 heavy (non-hydrogen) atoms. The summed E-state index contributed by atoms with van der Waals surface area (Å²) in [5.41, 5.74) is -0.970. The summed E-state index contributed by atoms with van der Waals surface area (Å²) in [7, 11) is 0. The van der Waals surface area contributed by atoms with Crippen LogP contribution in [0.3, 0.4) is 0 Å². The van der Waals surface area contributed by atoms with Gasteiger partial charge in [0.05, 0.1) is 12.4 Å². The van der Waals surface area contributed by atoms with Gasteiger partial charge in [0.2, 0.25) is 0 Å². The highest BCUT2D eigenvalue weighted by Gasteiger charge is 2.38. The van der Waals surface area contributed by atoms with Crippen LogP contribution in [0, 0.1) is 0 Å². The van der Waals surface area contributed by atoms with Crippen LogP contribution in [-0.4, -0.2) is 46.4 Å². The van der Waals surface area contributed by atoms with E-state index in [-0.39, 0.29) is 6.04 Å². The quantitative estimate of drug-likeness (QED) is 0.709. The highest BCUT2D eigenvalue weighted by molar-refractivity contribution is 5.73. The molecule has 1 aliphatic heterocycles. The molecular formula is C11H12F6N4O2. The molecule has 0 aliphatic carbocycles. The van der Waals surface area contributed by atoms with Crippen molar-refractivity contribution in [1.82, 2.24) is 15.3 Å². The van der Waals surface area contributed by atoms with Crippen LogP contribution in [0.4, 0.5) is 32.2 Å². The molecular weight excluding hydrogens is 334 g/mol. The number of aromatic nitrogens is 2. The van der Waals surface area contributed by atoms with Crippen LogP contribution in [0.2, 0.25) is 0 Å². The van der Waals surface area contributed by atoms with Crippen molar-refractivity contribution >= 4 is 11.8 Å². The lowest BCUT2D eigenvalue weighted by atomic mass is 10.2. The van der Waals surface area contributed by atoms with Gasteiger partial charge in [-0.05, 0) is 13.0 Å². The minimum absolute atomic E-state index is 0.214. The predicted octanol–water partition coefficient (Wildman–Crippen LogP) is 1.90. The Morgan fingerprint density at radius 3 is 2.17 bits per heavy atom. The molecule has 130 valence electrons. The van der Waals surface area contributed by atoms with Crippen LogP contribution in [0.15, 0.2) is 12.4 Å². The largest absolute Gasteiger partial charge is 0.490 e. The molecule has 2 heterocycles. The number of carbonyl (C=O) groups is 1. The summed E-state index contributed by atoms with van der Waals surface area (Å²) in [4.78, 5) is 15.9. The van der Waals surface area contributed by atoms with Crippen molar-refractivity contribution in [2.75, 3.05) is 18.4 Å². The standard InChI is InChI=1S/C9H11F3N4.C2HF3O2/c10-9(11,12)7-4-15-8(5-14-7)16-6-1-2-13-3-6;3-2(4,5)1(6)7/h4-6,13H,1-3H2,(H,15,16);(H,6,7). The molecule has 3 N–H and O–H groups in total. The highest BCUT2D eigenvalue weighted by Crippen LogP contribution is 2.26. The Hall–Kier alpha value is -2.11. The maximum atomic E-state index is 12.2. The molecule has 1 aliphatic rings. The summed E-state index contributed by atoms with van der Waals surface area (Å²) in [6.07, 6.45) is -6.73. The maximum absolute atomic E-state index is 12.2. The molecule has 0 bridgehead atoms. The Morgan fingerprint density at radius 1 is 1.22 bits per heavy atom. The first-order chi connectivity index (χ1) is 10.5. The van der Waals surface area contributed by atoms with Crippen molar-refractivity contribution in [2.24, 2.45) is 0 Å². The zero-order valence-corrected chi connectivity index (χ0v) is 11.4. The second-order valence-electron chi connectivity index (χ2n) is 4.42. The number of halogens is 6. The van der Waals surface area contributed by atoms with E-state index in [1.54, 1.807) is 0 Å². The third-order valence-corrected chi connectivity index (χ3v) is 2.60. The Bertz CT molecular complexity index is 511. The van der Waals surface area contributed by atoms with Gasteiger partial charge in [0, 0.05) is 12.6 Å². The summed E-state index contributed by atoms with van der Waals surface area (Å²) in [5.74, 6) is -2.38. The van der Waals surface area contributed by atoms with E-state index in [4.69, 9.17) is 9.90 Å². The van der Waals surface area contributed by atoms with Gasteiger partial charge in [0.15, 0.2) is 5.69 Å². The van der Waals surface area contributed by atoms with Gasteiger partial charge in [-0.25, -0.2) is 14.8 Å². The van der Waals surface area contributed by atoms with Crippen molar-refractivity contribution in [3.05, 3.63) is 18.1 Å². The second-order valence-corrected chi connectivity index (χ2v) is 4.42. The molecule has 0 spiro atoms. The molecule has 1 atom stereocenters. The van der Waals surface area contributed by atoms with E-state index < -0.39 is 24.0 Å². The number of nitrogens with zero attached hydrogens (tertiary/aromatic N) is 2. The maximum Gasteiger partial charge on any atom is 0.490 e. The fraction of sp³-hybridized carbons (Fsp3) is 0.545. The Labute approximate surface area is 125 Å². The zero-order chi connectivity index (χ0) is 17.7. The molecule has 6 nitrogen and oxygen atoms in total. The van der Waals surface area contributed by atoms with Crippen LogP contribution in [0.5, 0.6) is 0 Å². The number of carboxylic acids is 1. The zero-order valence-electron chi connectivity index (χ0n) is 11.4. The number of hydrogen-bond acceptors (Lipinski definition) is 5. The van der Waals surface area contributed by atoms with Gasteiger partial charge in [-0.3, -0.25) is 0 Å². The highest BCUT2D eigenvalue weighted by atomic mass is 19.4. The average Bonchev–Trinajstić information content (AvgIpc) is 2.91. The Balaban J connectivity index is 0.000000322. The molecule has 1 fully saturated rings.